The zero-order valence-corrected chi connectivity index (χ0v) is 28.9. The monoisotopic (exact) mass is 571 g/mol. The molecule has 1 saturated heterocycles. The highest BCUT2D eigenvalue weighted by molar-refractivity contribution is 8.16. The fourth-order valence-electron chi connectivity index (χ4n) is 9.50. The molecule has 6 unspecified atom stereocenters. The van der Waals surface area contributed by atoms with Gasteiger partial charge in [-0.1, -0.05) is 58.5 Å². The van der Waals surface area contributed by atoms with E-state index in [2.05, 4.69) is 101 Å². The van der Waals surface area contributed by atoms with Crippen LogP contribution in [-0.4, -0.2) is 10.5 Å². The molecule has 2 fully saturated rings. The van der Waals surface area contributed by atoms with Gasteiger partial charge in [0, 0.05) is 21.8 Å². The Hall–Kier alpha value is -1.42. The molecule has 1 aliphatic heterocycles. The average molecular weight is 572 g/mol. The molecule has 0 radical (unpaired) electrons. The first-order valence-corrected chi connectivity index (χ1v) is 17.2. The van der Waals surface area contributed by atoms with Crippen LogP contribution in [0.25, 0.3) is 21.9 Å². The molecular weight excluding hydrogens is 523 g/mol. The van der Waals surface area contributed by atoms with Crippen LogP contribution in [0, 0.1) is 80.1 Å². The number of nitrogens with one attached hydrogen (secondary N) is 1. The van der Waals surface area contributed by atoms with Crippen LogP contribution in [0.1, 0.15) is 107 Å². The summed E-state index contributed by atoms with van der Waals surface area (Å²) in [5.41, 5.74) is 21.3. The first-order chi connectivity index (χ1) is 18.7. The summed E-state index contributed by atoms with van der Waals surface area (Å²) in [5.74, 6) is 2.67. The molecule has 0 spiro atoms. The summed E-state index contributed by atoms with van der Waals surface area (Å²) < 4.78 is 3.66. The Labute approximate surface area is 252 Å². The fourth-order valence-corrected chi connectivity index (χ4v) is 12.6. The Kier molecular flexibility index (Phi) is 6.66. The van der Waals surface area contributed by atoms with Gasteiger partial charge in [-0.25, -0.2) is 4.13 Å². The maximum atomic E-state index is 3.66. The molecule has 1 heterocycles. The third-order valence-electron chi connectivity index (χ3n) is 12.5. The Morgan fingerprint density at radius 1 is 0.500 bits per heavy atom. The normalized spacial score (nSPS) is 28.6. The molecular formula is C37H49NS2. The lowest BCUT2D eigenvalue weighted by molar-refractivity contribution is 0.182. The van der Waals surface area contributed by atoms with Gasteiger partial charge in [-0.05, 0) is 169 Å². The molecule has 1 saturated carbocycles. The van der Waals surface area contributed by atoms with Gasteiger partial charge >= 0.3 is 0 Å². The van der Waals surface area contributed by atoms with Crippen molar-refractivity contribution < 1.29 is 0 Å². The van der Waals surface area contributed by atoms with Crippen molar-refractivity contribution in [2.45, 2.75) is 119 Å². The van der Waals surface area contributed by atoms with Crippen LogP contribution >= 0.6 is 23.9 Å². The van der Waals surface area contributed by atoms with Crippen molar-refractivity contribution >= 4 is 34.7 Å². The quantitative estimate of drug-likeness (QED) is 0.292. The summed E-state index contributed by atoms with van der Waals surface area (Å²) in [6, 6.07) is 0. The molecule has 0 bridgehead atoms. The van der Waals surface area contributed by atoms with Crippen LogP contribution in [-0.2, 0) is 5.41 Å². The predicted octanol–water partition coefficient (Wildman–Crippen LogP) is 10.6. The van der Waals surface area contributed by atoms with E-state index in [9.17, 15) is 0 Å². The third kappa shape index (κ3) is 3.41. The van der Waals surface area contributed by atoms with Crippen LogP contribution in [0.5, 0.6) is 0 Å². The summed E-state index contributed by atoms with van der Waals surface area (Å²) in [6.45, 7) is 34.1. The second-order valence-corrected chi connectivity index (χ2v) is 16.5. The molecule has 3 aliphatic rings. The Balaban J connectivity index is 1.73. The molecule has 1 nitrogen and oxygen atoms in total. The fraction of sp³-hybridized carbons (Fsp3) is 0.568. The van der Waals surface area contributed by atoms with Gasteiger partial charge in [-0.15, -0.1) is 0 Å². The van der Waals surface area contributed by atoms with Crippen molar-refractivity contribution in [3.8, 4) is 11.1 Å². The molecule has 6 atom stereocenters. The van der Waals surface area contributed by atoms with Crippen molar-refractivity contribution in [3.05, 3.63) is 66.8 Å². The first kappa shape index (κ1) is 28.7. The van der Waals surface area contributed by atoms with Gasteiger partial charge in [0.15, 0.2) is 0 Å². The number of hydrogen-bond donors (Lipinski definition) is 1. The minimum atomic E-state index is -0.0316. The van der Waals surface area contributed by atoms with Gasteiger partial charge < -0.3 is 0 Å². The van der Waals surface area contributed by atoms with Crippen LogP contribution in [0.4, 0.5) is 0 Å². The summed E-state index contributed by atoms with van der Waals surface area (Å²) >= 11 is 4.00. The maximum absolute atomic E-state index is 3.66. The van der Waals surface area contributed by atoms with E-state index >= 15 is 0 Å². The Bertz CT molecular complexity index is 1610. The number of aryl methyl sites for hydroxylation is 3. The van der Waals surface area contributed by atoms with Crippen molar-refractivity contribution in [1.29, 1.82) is 0 Å². The summed E-state index contributed by atoms with van der Waals surface area (Å²) in [6.07, 6.45) is 0. The van der Waals surface area contributed by atoms with Crippen LogP contribution in [0.15, 0.2) is 0 Å². The molecule has 0 amide bonds. The van der Waals surface area contributed by atoms with E-state index in [1.54, 1.807) is 38.9 Å². The zero-order valence-electron chi connectivity index (χ0n) is 27.3. The number of rotatable bonds is 1. The molecule has 3 heteroatoms. The lowest BCUT2D eigenvalue weighted by Crippen LogP contribution is -2.44. The molecule has 6 rings (SSSR count). The highest BCUT2D eigenvalue weighted by Crippen LogP contribution is 2.61. The zero-order chi connectivity index (χ0) is 29.3. The van der Waals surface area contributed by atoms with E-state index in [0.717, 1.165) is 5.92 Å². The van der Waals surface area contributed by atoms with E-state index in [-0.39, 0.29) is 5.41 Å². The van der Waals surface area contributed by atoms with E-state index in [0.29, 0.717) is 28.3 Å². The van der Waals surface area contributed by atoms with E-state index < -0.39 is 0 Å². The van der Waals surface area contributed by atoms with Crippen molar-refractivity contribution in [2.24, 2.45) is 17.8 Å². The number of fused-ring (bicyclic) bond motifs is 6. The first-order valence-electron chi connectivity index (χ1n) is 15.4. The van der Waals surface area contributed by atoms with Gasteiger partial charge in [-0.3, -0.25) is 0 Å². The minimum Gasteiger partial charge on any atom is -0.207 e. The second kappa shape index (κ2) is 9.29. The van der Waals surface area contributed by atoms with Crippen LogP contribution in [0.2, 0.25) is 0 Å². The summed E-state index contributed by atoms with van der Waals surface area (Å²) in [5, 5.41) is 4.30. The minimum absolute atomic E-state index is 0.0316. The maximum Gasteiger partial charge on any atom is 0.0406 e. The van der Waals surface area contributed by atoms with Gasteiger partial charge in [0.05, 0.1) is 0 Å². The molecule has 40 heavy (non-hydrogen) atoms. The van der Waals surface area contributed by atoms with Gasteiger partial charge in [0.1, 0.15) is 0 Å². The smallest absolute Gasteiger partial charge is 0.0406 e. The van der Waals surface area contributed by atoms with E-state index in [4.69, 9.17) is 0 Å². The highest BCUT2D eigenvalue weighted by Gasteiger charge is 2.51. The SMILES string of the molecule is Cc1c(C)c(C2C(C)C(C)C(C)C3SNSC32)c(C)c2c1-c1c(c(C)c(C)c3c(C)c(C)c(C)c(C)c13)C2(C)C. The number of hydrogen-bond acceptors (Lipinski definition) is 3. The van der Waals surface area contributed by atoms with E-state index in [1.165, 1.54) is 49.7 Å². The van der Waals surface area contributed by atoms with Crippen molar-refractivity contribution in [3.63, 3.8) is 0 Å². The lowest BCUT2D eigenvalue weighted by atomic mass is 9.63. The molecule has 3 aromatic carbocycles. The standard InChI is InChI=1S/C37H49NS2/c1-15-16(2)19(5)29-27(18(15)4)23(9)24(10)33-32(29)30-22(8)21(7)28(26(12)34(30)37(33,13)14)31-20(6)17(3)25(11)35-36(31)40-38-39-35/h17,20,25,31,35-36,38H,1-14H3. The Morgan fingerprint density at radius 2 is 1.02 bits per heavy atom. The second-order valence-electron chi connectivity index (χ2n) is 14.3. The van der Waals surface area contributed by atoms with Gasteiger partial charge in [0.25, 0.3) is 0 Å². The van der Waals surface area contributed by atoms with Gasteiger partial charge in [0.2, 0.25) is 0 Å². The van der Waals surface area contributed by atoms with Crippen LogP contribution in [0.3, 0.4) is 0 Å². The number of benzene rings is 3. The largest absolute Gasteiger partial charge is 0.207 e. The highest BCUT2D eigenvalue weighted by atomic mass is 32.2. The van der Waals surface area contributed by atoms with Crippen molar-refractivity contribution in [2.75, 3.05) is 0 Å². The Morgan fingerprint density at radius 3 is 1.65 bits per heavy atom. The third-order valence-corrected chi connectivity index (χ3v) is 15.3. The summed E-state index contributed by atoms with van der Waals surface area (Å²) in [7, 11) is 0. The molecule has 1 N–H and O–H groups in total. The lowest BCUT2D eigenvalue weighted by Gasteiger charge is -2.46. The van der Waals surface area contributed by atoms with Crippen LogP contribution < -0.4 is 4.13 Å². The van der Waals surface area contributed by atoms with Gasteiger partial charge in [-0.2, -0.15) is 0 Å². The molecule has 3 aromatic rings. The summed E-state index contributed by atoms with van der Waals surface area (Å²) in [4.78, 5) is 0. The van der Waals surface area contributed by atoms with Crippen molar-refractivity contribution in [1.82, 2.24) is 4.13 Å². The average Bonchev–Trinajstić information content (AvgIpc) is 3.48. The molecule has 2 aliphatic carbocycles. The van der Waals surface area contributed by atoms with E-state index in [1.807, 2.05) is 23.9 Å². The topological polar surface area (TPSA) is 12.0 Å². The predicted molar refractivity (Wildman–Crippen MR) is 180 cm³/mol. The molecule has 214 valence electrons. The molecule has 0 aromatic heterocycles.